The van der Waals surface area contributed by atoms with E-state index in [1.807, 2.05) is 51.1 Å². The SMILES string of the molecule is Cc1c(OCC[C@@H]2COC(C)(C)O2)ccnc1CS(=O)c1nc2ccccc2[nH]1.[Na]. The number of ether oxygens (including phenoxy) is 3. The molecule has 0 amide bonds. The molecule has 1 aromatic carbocycles. The summed E-state index contributed by atoms with van der Waals surface area (Å²) in [6.07, 6.45) is 2.46. The van der Waals surface area contributed by atoms with Gasteiger partial charge in [0.2, 0.25) is 0 Å². The number of aromatic amines is 1. The van der Waals surface area contributed by atoms with Gasteiger partial charge in [-0.05, 0) is 39.0 Å². The Hall–Kier alpha value is -1.29. The third-order valence-corrected chi connectivity index (χ3v) is 6.03. The number of H-pyrrole nitrogens is 1. The number of nitrogens with one attached hydrogen (secondary N) is 1. The molecule has 1 fully saturated rings. The standard InChI is InChI=1S/C21H25N3O4S.Na/c1-14-18(13-29(25)20-23-16-6-4-5-7-17(16)24-20)22-10-8-19(14)26-11-9-15-12-27-21(2,3)28-15;/h4-8,10,15H,9,11-13H2,1-3H3,(H,23,24);/t15-,29?;/m1./s1. The van der Waals surface area contributed by atoms with Crippen molar-refractivity contribution in [2.45, 2.75) is 50.0 Å². The van der Waals surface area contributed by atoms with Crippen molar-refractivity contribution in [1.29, 1.82) is 0 Å². The van der Waals surface area contributed by atoms with Gasteiger partial charge in [-0.2, -0.15) is 0 Å². The number of para-hydroxylation sites is 2. The largest absolute Gasteiger partial charge is 0.493 e. The van der Waals surface area contributed by atoms with Crippen LogP contribution in [0.2, 0.25) is 0 Å². The predicted octanol–water partition coefficient (Wildman–Crippen LogP) is 3.11. The van der Waals surface area contributed by atoms with Crippen LogP contribution < -0.4 is 4.74 Å². The van der Waals surface area contributed by atoms with Crippen molar-refractivity contribution < 1.29 is 18.4 Å². The first-order chi connectivity index (χ1) is 13.9. The number of aromatic nitrogens is 3. The van der Waals surface area contributed by atoms with E-state index in [9.17, 15) is 4.21 Å². The van der Waals surface area contributed by atoms with Crippen molar-refractivity contribution in [3.63, 3.8) is 0 Å². The predicted molar refractivity (Wildman–Crippen MR) is 116 cm³/mol. The number of rotatable bonds is 7. The molecule has 30 heavy (non-hydrogen) atoms. The first-order valence-electron chi connectivity index (χ1n) is 9.63. The molecular weight excluding hydrogens is 413 g/mol. The molecule has 0 bridgehead atoms. The number of benzene rings is 1. The molecule has 3 aromatic rings. The number of hydrogen-bond donors (Lipinski definition) is 1. The van der Waals surface area contributed by atoms with Crippen LogP contribution in [0, 0.1) is 6.92 Å². The molecule has 9 heteroatoms. The topological polar surface area (TPSA) is 86.3 Å². The summed E-state index contributed by atoms with van der Waals surface area (Å²) in [7, 11) is -1.32. The summed E-state index contributed by atoms with van der Waals surface area (Å²) < 4.78 is 30.1. The molecule has 155 valence electrons. The van der Waals surface area contributed by atoms with Gasteiger partial charge in [0.05, 0.1) is 52.6 Å². The Labute approximate surface area is 200 Å². The quantitative estimate of drug-likeness (QED) is 0.571. The summed E-state index contributed by atoms with van der Waals surface area (Å²) in [5.41, 5.74) is 3.31. The maximum Gasteiger partial charge on any atom is 0.197 e. The number of nitrogens with zero attached hydrogens (tertiary/aromatic N) is 2. The van der Waals surface area contributed by atoms with Crippen molar-refractivity contribution >= 4 is 51.4 Å². The summed E-state index contributed by atoms with van der Waals surface area (Å²) >= 11 is 0. The fourth-order valence-electron chi connectivity index (χ4n) is 3.30. The molecule has 0 spiro atoms. The van der Waals surface area contributed by atoms with Crippen LogP contribution in [0.5, 0.6) is 5.75 Å². The zero-order valence-corrected chi connectivity index (χ0v) is 20.6. The Morgan fingerprint density at radius 2 is 2.10 bits per heavy atom. The van der Waals surface area contributed by atoms with Crippen LogP contribution in [0.25, 0.3) is 11.0 Å². The molecule has 1 saturated heterocycles. The van der Waals surface area contributed by atoms with Gasteiger partial charge in [0, 0.05) is 47.7 Å². The fourth-order valence-corrected chi connectivity index (χ4v) is 4.40. The molecule has 1 aliphatic rings. The summed E-state index contributed by atoms with van der Waals surface area (Å²) in [5, 5.41) is 0.458. The molecule has 0 saturated carbocycles. The summed E-state index contributed by atoms with van der Waals surface area (Å²) in [6, 6.07) is 9.47. The van der Waals surface area contributed by atoms with Gasteiger partial charge in [-0.3, -0.25) is 9.19 Å². The molecule has 1 radical (unpaired) electrons. The van der Waals surface area contributed by atoms with E-state index in [1.165, 1.54) is 0 Å². The van der Waals surface area contributed by atoms with Crippen LogP contribution in [0.15, 0.2) is 41.7 Å². The number of fused-ring (bicyclic) bond motifs is 1. The van der Waals surface area contributed by atoms with Crippen LogP contribution in [0.3, 0.4) is 0 Å². The van der Waals surface area contributed by atoms with Gasteiger partial charge in [-0.15, -0.1) is 0 Å². The number of hydrogen-bond acceptors (Lipinski definition) is 6. The van der Waals surface area contributed by atoms with Crippen molar-refractivity contribution in [3.05, 3.63) is 47.8 Å². The van der Waals surface area contributed by atoms with Gasteiger partial charge in [-0.25, -0.2) is 4.98 Å². The van der Waals surface area contributed by atoms with Gasteiger partial charge in [0.15, 0.2) is 10.9 Å². The van der Waals surface area contributed by atoms with Gasteiger partial charge < -0.3 is 19.2 Å². The zero-order valence-electron chi connectivity index (χ0n) is 17.8. The molecule has 1 aliphatic heterocycles. The minimum atomic E-state index is -1.32. The molecule has 4 rings (SSSR count). The summed E-state index contributed by atoms with van der Waals surface area (Å²) in [5.74, 6) is 0.497. The molecule has 2 atom stereocenters. The first-order valence-corrected chi connectivity index (χ1v) is 11.0. The average molecular weight is 439 g/mol. The second-order valence-electron chi connectivity index (χ2n) is 7.52. The maximum atomic E-state index is 12.8. The maximum absolute atomic E-state index is 12.8. The van der Waals surface area contributed by atoms with E-state index >= 15 is 0 Å². The van der Waals surface area contributed by atoms with Crippen LogP contribution in [-0.4, -0.2) is 73.8 Å². The first kappa shape index (κ1) is 23.4. The molecule has 1 N–H and O–H groups in total. The van der Waals surface area contributed by atoms with Gasteiger partial charge in [0.25, 0.3) is 0 Å². The summed E-state index contributed by atoms with van der Waals surface area (Å²) in [6.45, 7) is 6.85. The van der Waals surface area contributed by atoms with Crippen molar-refractivity contribution in [2.24, 2.45) is 0 Å². The third-order valence-electron chi connectivity index (χ3n) is 4.87. The Balaban J connectivity index is 0.00000256. The molecule has 1 unspecified atom stereocenters. The van der Waals surface area contributed by atoms with Gasteiger partial charge >= 0.3 is 0 Å². The van der Waals surface area contributed by atoms with Crippen LogP contribution in [-0.2, 0) is 26.0 Å². The van der Waals surface area contributed by atoms with E-state index in [-0.39, 0.29) is 41.4 Å². The molecule has 2 aromatic heterocycles. The van der Waals surface area contributed by atoms with Crippen molar-refractivity contribution in [3.8, 4) is 5.75 Å². The number of pyridine rings is 1. The molecule has 7 nitrogen and oxygen atoms in total. The van der Waals surface area contributed by atoms with E-state index in [1.54, 1.807) is 6.20 Å². The summed E-state index contributed by atoms with van der Waals surface area (Å²) in [4.78, 5) is 12.0. The van der Waals surface area contributed by atoms with E-state index in [2.05, 4.69) is 15.0 Å². The van der Waals surface area contributed by atoms with Crippen molar-refractivity contribution in [1.82, 2.24) is 15.0 Å². The van der Waals surface area contributed by atoms with Crippen molar-refractivity contribution in [2.75, 3.05) is 13.2 Å². The normalized spacial score (nSPS) is 18.8. The van der Waals surface area contributed by atoms with E-state index < -0.39 is 16.6 Å². The Morgan fingerprint density at radius 1 is 1.30 bits per heavy atom. The Kier molecular flexibility index (Phi) is 7.71. The zero-order chi connectivity index (χ0) is 20.4. The second kappa shape index (κ2) is 9.89. The van der Waals surface area contributed by atoms with E-state index in [4.69, 9.17) is 14.2 Å². The molecule has 3 heterocycles. The minimum absolute atomic E-state index is 0. The number of imidazole rings is 1. The smallest absolute Gasteiger partial charge is 0.197 e. The Morgan fingerprint density at radius 3 is 2.83 bits per heavy atom. The Bertz CT molecular complexity index is 1010. The van der Waals surface area contributed by atoms with E-state index in [0.717, 1.165) is 34.5 Å². The van der Waals surface area contributed by atoms with Gasteiger partial charge in [-0.1, -0.05) is 12.1 Å². The fraction of sp³-hybridized carbons (Fsp3) is 0.429. The van der Waals surface area contributed by atoms with Crippen LogP contribution in [0.4, 0.5) is 0 Å². The third kappa shape index (κ3) is 5.49. The molecule has 0 aliphatic carbocycles. The van der Waals surface area contributed by atoms with Crippen LogP contribution >= 0.6 is 0 Å². The molecular formula is C21H25N3NaO4S. The van der Waals surface area contributed by atoms with Gasteiger partial charge in [0.1, 0.15) is 5.75 Å². The minimum Gasteiger partial charge on any atom is -0.493 e. The second-order valence-corrected chi connectivity index (χ2v) is 8.88. The van der Waals surface area contributed by atoms with Crippen LogP contribution in [0.1, 0.15) is 31.5 Å². The van der Waals surface area contributed by atoms with E-state index in [0.29, 0.717) is 18.4 Å². The monoisotopic (exact) mass is 438 g/mol. The average Bonchev–Trinajstić information content (AvgIpc) is 3.27.